The minimum atomic E-state index is -0.748. The smallest absolute Gasteiger partial charge is 0.407 e. The molecule has 0 rings (SSSR count). The van der Waals surface area contributed by atoms with E-state index in [4.69, 9.17) is 10.5 Å². The van der Waals surface area contributed by atoms with Gasteiger partial charge in [0.25, 0.3) is 0 Å². The Kier molecular flexibility index (Phi) is 4.87. The fraction of sp³-hybridized carbons (Fsp3) is 0.889. The van der Waals surface area contributed by atoms with E-state index >= 15 is 0 Å². The summed E-state index contributed by atoms with van der Waals surface area (Å²) in [5.74, 6) is 0. The van der Waals surface area contributed by atoms with E-state index in [1.54, 1.807) is 27.7 Å². The lowest BCUT2D eigenvalue weighted by Gasteiger charge is -2.23. The number of aliphatic hydroxyl groups is 1. The van der Waals surface area contributed by atoms with Crippen LogP contribution >= 0.6 is 0 Å². The summed E-state index contributed by atoms with van der Waals surface area (Å²) in [6.45, 7) is 7.10. The molecule has 4 N–H and O–H groups in total. The Morgan fingerprint density at radius 3 is 2.43 bits per heavy atom. The molecular weight excluding hydrogens is 184 g/mol. The average molecular weight is 204 g/mol. The van der Waals surface area contributed by atoms with E-state index in [0.717, 1.165) is 0 Å². The molecule has 1 amide bonds. The third-order valence-electron chi connectivity index (χ3n) is 1.56. The lowest BCUT2D eigenvalue weighted by Crippen LogP contribution is -2.46. The van der Waals surface area contributed by atoms with Gasteiger partial charge in [0, 0.05) is 6.54 Å². The minimum Gasteiger partial charge on any atom is -0.444 e. The van der Waals surface area contributed by atoms with Crippen LogP contribution in [0.1, 0.15) is 27.7 Å². The molecule has 0 spiro atoms. The van der Waals surface area contributed by atoms with Crippen LogP contribution in [0.4, 0.5) is 4.79 Å². The van der Waals surface area contributed by atoms with Gasteiger partial charge in [-0.1, -0.05) is 0 Å². The molecule has 0 saturated heterocycles. The van der Waals surface area contributed by atoms with E-state index in [-0.39, 0.29) is 6.54 Å². The number of ether oxygens (including phenoxy) is 1. The highest BCUT2D eigenvalue weighted by Crippen LogP contribution is 2.06. The molecule has 0 aliphatic carbocycles. The van der Waals surface area contributed by atoms with E-state index in [1.807, 2.05) is 0 Å². The van der Waals surface area contributed by atoms with Gasteiger partial charge in [-0.15, -0.1) is 0 Å². The van der Waals surface area contributed by atoms with Crippen LogP contribution in [-0.4, -0.2) is 35.5 Å². The third kappa shape index (κ3) is 5.77. The van der Waals surface area contributed by atoms with Gasteiger partial charge in [-0.05, 0) is 27.7 Å². The molecule has 5 nitrogen and oxygen atoms in total. The fourth-order valence-corrected chi connectivity index (χ4v) is 0.794. The summed E-state index contributed by atoms with van der Waals surface area (Å²) in [7, 11) is 0. The van der Waals surface area contributed by atoms with E-state index in [1.165, 1.54) is 0 Å². The SMILES string of the molecule is C[C@H](NC(=O)OC(C)(C)C)[C@H](O)CN. The van der Waals surface area contributed by atoms with Crippen molar-refractivity contribution in [2.45, 2.75) is 45.4 Å². The molecular formula is C9H20N2O3. The molecule has 0 bridgehead atoms. The van der Waals surface area contributed by atoms with Crippen LogP contribution < -0.4 is 11.1 Å². The second-order valence-electron chi connectivity index (χ2n) is 4.24. The van der Waals surface area contributed by atoms with Crippen molar-refractivity contribution in [1.29, 1.82) is 0 Å². The molecule has 84 valence electrons. The molecule has 0 aliphatic heterocycles. The predicted molar refractivity (Wildman–Crippen MR) is 53.9 cm³/mol. The highest BCUT2D eigenvalue weighted by molar-refractivity contribution is 5.68. The summed E-state index contributed by atoms with van der Waals surface area (Å²) >= 11 is 0. The second kappa shape index (κ2) is 5.17. The molecule has 0 aromatic heterocycles. The van der Waals surface area contributed by atoms with Gasteiger partial charge in [-0.2, -0.15) is 0 Å². The highest BCUT2D eigenvalue weighted by Gasteiger charge is 2.20. The number of carbonyl (C=O) groups is 1. The van der Waals surface area contributed by atoms with Crippen molar-refractivity contribution >= 4 is 6.09 Å². The number of alkyl carbamates (subject to hydrolysis) is 1. The van der Waals surface area contributed by atoms with Crippen LogP contribution in [0, 0.1) is 0 Å². The predicted octanol–water partition coefficient (Wildman–Crippen LogP) is 0.219. The summed E-state index contributed by atoms with van der Waals surface area (Å²) in [6, 6.07) is -0.408. The molecule has 0 unspecified atom stereocenters. The van der Waals surface area contributed by atoms with Crippen molar-refractivity contribution in [2.24, 2.45) is 5.73 Å². The number of carbonyl (C=O) groups excluding carboxylic acids is 1. The van der Waals surface area contributed by atoms with Gasteiger partial charge in [0.2, 0.25) is 0 Å². The van der Waals surface area contributed by atoms with Crippen molar-refractivity contribution in [3.8, 4) is 0 Å². The maximum atomic E-state index is 11.2. The number of nitrogens with one attached hydrogen (secondary N) is 1. The summed E-state index contributed by atoms with van der Waals surface area (Å²) in [6.07, 6.45) is -1.29. The quantitative estimate of drug-likeness (QED) is 0.614. The van der Waals surface area contributed by atoms with Crippen LogP contribution in [0.25, 0.3) is 0 Å². The van der Waals surface area contributed by atoms with Gasteiger partial charge in [-0.25, -0.2) is 4.79 Å². The fourth-order valence-electron chi connectivity index (χ4n) is 0.794. The van der Waals surface area contributed by atoms with Gasteiger partial charge < -0.3 is 20.9 Å². The molecule has 2 atom stereocenters. The van der Waals surface area contributed by atoms with E-state index in [9.17, 15) is 9.90 Å². The largest absolute Gasteiger partial charge is 0.444 e. The third-order valence-corrected chi connectivity index (χ3v) is 1.56. The standard InChI is InChI=1S/C9H20N2O3/c1-6(7(12)5-10)11-8(13)14-9(2,3)4/h6-7,12H,5,10H2,1-4H3,(H,11,13)/t6-,7+/m0/s1. The molecule has 14 heavy (non-hydrogen) atoms. The molecule has 0 aromatic carbocycles. The zero-order valence-corrected chi connectivity index (χ0v) is 9.20. The molecule has 0 radical (unpaired) electrons. The zero-order chi connectivity index (χ0) is 11.4. The first-order valence-corrected chi connectivity index (χ1v) is 4.64. The molecule has 0 heterocycles. The second-order valence-corrected chi connectivity index (χ2v) is 4.24. The summed E-state index contributed by atoms with van der Waals surface area (Å²) < 4.78 is 5.00. The van der Waals surface area contributed by atoms with Crippen LogP contribution in [0.15, 0.2) is 0 Å². The first kappa shape index (κ1) is 13.2. The first-order valence-electron chi connectivity index (χ1n) is 4.64. The van der Waals surface area contributed by atoms with Crippen molar-refractivity contribution in [3.63, 3.8) is 0 Å². The zero-order valence-electron chi connectivity index (χ0n) is 9.20. The van der Waals surface area contributed by atoms with Gasteiger partial charge in [0.1, 0.15) is 5.60 Å². The molecule has 0 fully saturated rings. The number of hydrogen-bond acceptors (Lipinski definition) is 4. The number of aliphatic hydroxyl groups excluding tert-OH is 1. The van der Waals surface area contributed by atoms with E-state index in [0.29, 0.717) is 0 Å². The highest BCUT2D eigenvalue weighted by atomic mass is 16.6. The van der Waals surface area contributed by atoms with Crippen molar-refractivity contribution in [3.05, 3.63) is 0 Å². The topological polar surface area (TPSA) is 84.6 Å². The van der Waals surface area contributed by atoms with Crippen molar-refractivity contribution in [2.75, 3.05) is 6.54 Å². The van der Waals surface area contributed by atoms with E-state index < -0.39 is 23.8 Å². The first-order chi connectivity index (χ1) is 6.26. The van der Waals surface area contributed by atoms with Crippen LogP contribution in [0.2, 0.25) is 0 Å². The monoisotopic (exact) mass is 204 g/mol. The minimum absolute atomic E-state index is 0.108. The Labute approximate surface area is 84.6 Å². The van der Waals surface area contributed by atoms with Crippen LogP contribution in [-0.2, 0) is 4.74 Å². The Balaban J connectivity index is 3.95. The number of nitrogens with two attached hydrogens (primary N) is 1. The summed E-state index contributed by atoms with van der Waals surface area (Å²) in [4.78, 5) is 11.2. The number of amides is 1. The summed E-state index contributed by atoms with van der Waals surface area (Å²) in [5.41, 5.74) is 4.70. The molecule has 0 aliphatic rings. The Morgan fingerprint density at radius 1 is 1.57 bits per heavy atom. The van der Waals surface area contributed by atoms with Gasteiger partial charge >= 0.3 is 6.09 Å². The average Bonchev–Trinajstić information content (AvgIpc) is 1.99. The Morgan fingerprint density at radius 2 is 2.07 bits per heavy atom. The Hall–Kier alpha value is -0.810. The van der Waals surface area contributed by atoms with Gasteiger partial charge in [0.05, 0.1) is 12.1 Å². The lowest BCUT2D eigenvalue weighted by atomic mass is 10.2. The number of hydrogen-bond donors (Lipinski definition) is 3. The maximum Gasteiger partial charge on any atom is 0.407 e. The lowest BCUT2D eigenvalue weighted by molar-refractivity contribution is 0.0443. The molecule has 0 aromatic rings. The normalized spacial score (nSPS) is 15.9. The van der Waals surface area contributed by atoms with Gasteiger partial charge in [-0.3, -0.25) is 0 Å². The Bertz CT molecular complexity index is 189. The maximum absolute atomic E-state index is 11.2. The van der Waals surface area contributed by atoms with Gasteiger partial charge in [0.15, 0.2) is 0 Å². The molecule has 0 saturated carbocycles. The van der Waals surface area contributed by atoms with Crippen molar-refractivity contribution < 1.29 is 14.6 Å². The van der Waals surface area contributed by atoms with Crippen LogP contribution in [0.5, 0.6) is 0 Å². The number of rotatable bonds is 3. The molecule has 5 heteroatoms. The summed E-state index contributed by atoms with van der Waals surface area (Å²) in [5, 5.41) is 11.8. The van der Waals surface area contributed by atoms with E-state index in [2.05, 4.69) is 5.32 Å². The van der Waals surface area contributed by atoms with Crippen molar-refractivity contribution in [1.82, 2.24) is 5.32 Å². The van der Waals surface area contributed by atoms with Crippen LogP contribution in [0.3, 0.4) is 0 Å².